The zero-order valence-corrected chi connectivity index (χ0v) is 14.1. The number of aromatic hydroxyl groups is 1. The van der Waals surface area contributed by atoms with Crippen LogP contribution in [0.25, 0.3) is 16.7 Å². The first-order valence-corrected chi connectivity index (χ1v) is 7.77. The van der Waals surface area contributed by atoms with Gasteiger partial charge in [-0.05, 0) is 29.2 Å². The fourth-order valence-electron chi connectivity index (χ4n) is 2.53. The largest absolute Gasteiger partial charge is 0.505 e. The van der Waals surface area contributed by atoms with Crippen molar-refractivity contribution < 1.29 is 5.11 Å². The molecule has 5 nitrogen and oxygen atoms in total. The number of hydrogen-bond donors (Lipinski definition) is 2. The van der Waals surface area contributed by atoms with Gasteiger partial charge in [0.05, 0.1) is 5.02 Å². The van der Waals surface area contributed by atoms with Gasteiger partial charge in [-0.15, -0.1) is 15.0 Å². The molecular formula is C17H19ClN4O. The minimum Gasteiger partial charge on any atom is -0.505 e. The normalized spacial score (nSPS) is 12.0. The van der Waals surface area contributed by atoms with Gasteiger partial charge < -0.3 is 10.8 Å². The molecule has 3 N–H and O–H groups in total. The van der Waals surface area contributed by atoms with Gasteiger partial charge in [0.1, 0.15) is 22.5 Å². The third-order valence-electron chi connectivity index (χ3n) is 3.77. The third-order valence-corrected chi connectivity index (χ3v) is 4.08. The van der Waals surface area contributed by atoms with Gasteiger partial charge in [-0.25, -0.2) is 0 Å². The highest BCUT2D eigenvalue weighted by Crippen LogP contribution is 2.36. The van der Waals surface area contributed by atoms with E-state index in [0.717, 1.165) is 11.1 Å². The fraction of sp³-hybridized carbons (Fsp3) is 0.294. The molecule has 120 valence electrons. The van der Waals surface area contributed by atoms with Crippen LogP contribution in [-0.4, -0.2) is 20.1 Å². The monoisotopic (exact) mass is 330 g/mol. The van der Waals surface area contributed by atoms with Crippen LogP contribution in [-0.2, 0) is 12.0 Å². The van der Waals surface area contributed by atoms with Crippen molar-refractivity contribution in [2.45, 2.75) is 32.7 Å². The lowest BCUT2D eigenvalue weighted by Gasteiger charge is -2.22. The number of halogens is 1. The molecule has 0 fully saturated rings. The molecule has 3 rings (SSSR count). The van der Waals surface area contributed by atoms with Gasteiger partial charge in [-0.2, -0.15) is 0 Å². The van der Waals surface area contributed by atoms with Crippen LogP contribution < -0.4 is 5.73 Å². The van der Waals surface area contributed by atoms with Crippen LogP contribution in [0.4, 0.5) is 0 Å². The van der Waals surface area contributed by atoms with E-state index in [9.17, 15) is 5.11 Å². The Labute approximate surface area is 139 Å². The number of benzene rings is 2. The van der Waals surface area contributed by atoms with Crippen molar-refractivity contribution in [2.24, 2.45) is 5.73 Å². The van der Waals surface area contributed by atoms with Gasteiger partial charge in [0.2, 0.25) is 0 Å². The van der Waals surface area contributed by atoms with Crippen LogP contribution in [0.2, 0.25) is 5.02 Å². The smallest absolute Gasteiger partial charge is 0.146 e. The van der Waals surface area contributed by atoms with E-state index in [4.69, 9.17) is 17.3 Å². The summed E-state index contributed by atoms with van der Waals surface area (Å²) in [7, 11) is 0. The van der Waals surface area contributed by atoms with E-state index in [1.807, 2.05) is 39.0 Å². The molecule has 0 spiro atoms. The van der Waals surface area contributed by atoms with E-state index in [2.05, 4.69) is 10.2 Å². The number of aromatic nitrogens is 3. The lowest BCUT2D eigenvalue weighted by molar-refractivity contribution is 0.440. The molecule has 0 amide bonds. The molecule has 0 aliphatic rings. The topological polar surface area (TPSA) is 77.0 Å². The second-order valence-corrected chi connectivity index (χ2v) is 6.97. The maximum atomic E-state index is 10.7. The standard InChI is InChI=1S/C17H19ClN4O/c1-17(2,3)11-7-10(9-19)8-14(16(11)23)22-20-13-6-4-5-12(18)15(13)21-22/h4-8,23H,9,19H2,1-3H3. The second-order valence-electron chi connectivity index (χ2n) is 6.56. The van der Waals surface area contributed by atoms with E-state index in [-0.39, 0.29) is 11.2 Å². The van der Waals surface area contributed by atoms with E-state index < -0.39 is 0 Å². The highest BCUT2D eigenvalue weighted by molar-refractivity contribution is 6.34. The van der Waals surface area contributed by atoms with Crippen molar-refractivity contribution in [3.63, 3.8) is 0 Å². The van der Waals surface area contributed by atoms with Crippen molar-refractivity contribution >= 4 is 22.6 Å². The Morgan fingerprint density at radius 2 is 1.96 bits per heavy atom. The molecule has 0 aliphatic carbocycles. The molecule has 2 aromatic carbocycles. The Morgan fingerprint density at radius 3 is 2.57 bits per heavy atom. The van der Waals surface area contributed by atoms with Gasteiger partial charge >= 0.3 is 0 Å². The predicted octanol–water partition coefficient (Wildman–Crippen LogP) is 3.54. The molecule has 6 heteroatoms. The number of fused-ring (bicyclic) bond motifs is 1. The number of hydrogen-bond acceptors (Lipinski definition) is 4. The minimum absolute atomic E-state index is 0.158. The summed E-state index contributed by atoms with van der Waals surface area (Å²) in [6.07, 6.45) is 0. The van der Waals surface area contributed by atoms with Gasteiger partial charge in [0.25, 0.3) is 0 Å². The number of phenolic OH excluding ortho intramolecular Hbond substituents is 1. The first-order valence-electron chi connectivity index (χ1n) is 7.39. The van der Waals surface area contributed by atoms with Crippen molar-refractivity contribution in [3.05, 3.63) is 46.5 Å². The summed E-state index contributed by atoms with van der Waals surface area (Å²) in [5.74, 6) is 0.158. The maximum absolute atomic E-state index is 10.7. The average Bonchev–Trinajstić information content (AvgIpc) is 2.91. The quantitative estimate of drug-likeness (QED) is 0.753. The molecule has 0 atom stereocenters. The van der Waals surface area contributed by atoms with Crippen molar-refractivity contribution in [2.75, 3.05) is 0 Å². The Hall–Kier alpha value is -2.11. The Morgan fingerprint density at radius 1 is 1.22 bits per heavy atom. The van der Waals surface area contributed by atoms with E-state index in [1.54, 1.807) is 12.1 Å². The number of nitrogens with zero attached hydrogens (tertiary/aromatic N) is 3. The Kier molecular flexibility index (Phi) is 3.78. The molecule has 3 aromatic rings. The SMILES string of the molecule is CC(C)(C)c1cc(CN)cc(-n2nc3cccc(Cl)c3n2)c1O. The lowest BCUT2D eigenvalue weighted by Crippen LogP contribution is -2.14. The van der Waals surface area contributed by atoms with Gasteiger partial charge in [-0.3, -0.25) is 0 Å². The van der Waals surface area contributed by atoms with Crippen molar-refractivity contribution in [3.8, 4) is 11.4 Å². The number of rotatable bonds is 2. The molecule has 1 heterocycles. The number of nitrogens with two attached hydrogens (primary N) is 1. The summed E-state index contributed by atoms with van der Waals surface area (Å²) in [6, 6.07) is 9.14. The molecule has 0 aliphatic heterocycles. The first kappa shape index (κ1) is 15.8. The number of phenols is 1. The molecule has 0 saturated heterocycles. The van der Waals surface area contributed by atoms with E-state index >= 15 is 0 Å². The summed E-state index contributed by atoms with van der Waals surface area (Å²) in [5.41, 5.74) is 9.08. The van der Waals surface area contributed by atoms with Crippen LogP contribution in [0.15, 0.2) is 30.3 Å². The minimum atomic E-state index is -0.228. The predicted molar refractivity (Wildman–Crippen MR) is 92.1 cm³/mol. The molecule has 0 bridgehead atoms. The molecule has 1 aromatic heterocycles. The maximum Gasteiger partial charge on any atom is 0.146 e. The van der Waals surface area contributed by atoms with Crippen molar-refractivity contribution in [1.82, 2.24) is 15.0 Å². The highest BCUT2D eigenvalue weighted by Gasteiger charge is 2.23. The Balaban J connectivity index is 2.27. The van der Waals surface area contributed by atoms with Crippen molar-refractivity contribution in [1.29, 1.82) is 0 Å². The summed E-state index contributed by atoms with van der Waals surface area (Å²) in [6.45, 7) is 6.49. The highest BCUT2D eigenvalue weighted by atomic mass is 35.5. The Bertz CT molecular complexity index is 880. The van der Waals surface area contributed by atoms with E-state index in [0.29, 0.717) is 28.3 Å². The molecule has 0 saturated carbocycles. The summed E-state index contributed by atoms with van der Waals surface area (Å²) in [5, 5.41) is 20.1. The van der Waals surface area contributed by atoms with E-state index in [1.165, 1.54) is 4.80 Å². The van der Waals surface area contributed by atoms with Gasteiger partial charge in [-0.1, -0.05) is 44.5 Å². The summed E-state index contributed by atoms with van der Waals surface area (Å²) >= 11 is 6.16. The molecule has 0 unspecified atom stereocenters. The second kappa shape index (κ2) is 5.51. The fourth-order valence-corrected chi connectivity index (χ4v) is 2.74. The summed E-state index contributed by atoms with van der Waals surface area (Å²) in [4.78, 5) is 1.42. The molecular weight excluding hydrogens is 312 g/mol. The van der Waals surface area contributed by atoms with Crippen LogP contribution in [0.1, 0.15) is 31.9 Å². The van der Waals surface area contributed by atoms with Gasteiger partial charge in [0.15, 0.2) is 0 Å². The van der Waals surface area contributed by atoms with Crippen LogP contribution in [0, 0.1) is 0 Å². The zero-order chi connectivity index (χ0) is 16.8. The van der Waals surface area contributed by atoms with Crippen LogP contribution in [0.5, 0.6) is 5.75 Å². The third kappa shape index (κ3) is 2.78. The van der Waals surface area contributed by atoms with Crippen LogP contribution >= 0.6 is 11.6 Å². The molecule has 0 radical (unpaired) electrons. The summed E-state index contributed by atoms with van der Waals surface area (Å²) < 4.78 is 0. The van der Waals surface area contributed by atoms with Gasteiger partial charge in [0, 0.05) is 12.1 Å². The lowest BCUT2D eigenvalue weighted by atomic mass is 9.85. The molecule has 23 heavy (non-hydrogen) atoms. The van der Waals surface area contributed by atoms with Crippen LogP contribution in [0.3, 0.4) is 0 Å². The first-order chi connectivity index (χ1) is 10.8. The zero-order valence-electron chi connectivity index (χ0n) is 13.3. The average molecular weight is 331 g/mol.